The fourth-order valence-corrected chi connectivity index (χ4v) is 1.26. The third-order valence-corrected chi connectivity index (χ3v) is 2.44. The van der Waals surface area contributed by atoms with Crippen LogP contribution in [0.2, 0.25) is 10.0 Å². The van der Waals surface area contributed by atoms with E-state index in [4.69, 9.17) is 28.3 Å². The van der Waals surface area contributed by atoms with Gasteiger partial charge < -0.3 is 5.11 Å². The molecule has 1 aromatic carbocycles. The normalized spacial score (nSPS) is 10.5. The van der Waals surface area contributed by atoms with Crippen molar-refractivity contribution in [1.29, 1.82) is 0 Å². The van der Waals surface area contributed by atoms with Gasteiger partial charge in [0, 0.05) is 0 Å². The van der Waals surface area contributed by atoms with E-state index in [-0.39, 0.29) is 5.02 Å². The Balaban J connectivity index is 2.95. The monoisotopic (exact) mass is 244 g/mol. The Labute approximate surface area is 95.9 Å². The topological polar surface area (TPSA) is 54.4 Å². The van der Waals surface area contributed by atoms with Crippen LogP contribution in [0.3, 0.4) is 0 Å². The van der Waals surface area contributed by atoms with Gasteiger partial charge >= 0.3 is 5.97 Å². The first-order valence-corrected chi connectivity index (χ1v) is 4.67. The van der Waals surface area contributed by atoms with Crippen molar-refractivity contribution < 1.29 is 14.7 Å². The molecule has 0 unspecified atom stereocenters. The van der Waals surface area contributed by atoms with Gasteiger partial charge in [0.25, 0.3) is 5.78 Å². The van der Waals surface area contributed by atoms with Crippen molar-refractivity contribution in [2.24, 2.45) is 0 Å². The van der Waals surface area contributed by atoms with Crippen LogP contribution in [0.5, 0.6) is 0 Å². The molecule has 0 amide bonds. The Kier molecular flexibility index (Phi) is 3.88. The average Bonchev–Trinajstić information content (AvgIpc) is 2.19. The summed E-state index contributed by atoms with van der Waals surface area (Å²) in [6.45, 7) is 0. The summed E-state index contributed by atoms with van der Waals surface area (Å²) in [7, 11) is 0. The molecule has 0 saturated carbocycles. The molecule has 0 aliphatic rings. The number of halogens is 2. The molecule has 0 saturated heterocycles. The second-order valence-corrected chi connectivity index (χ2v) is 3.43. The van der Waals surface area contributed by atoms with Crippen molar-refractivity contribution in [1.82, 2.24) is 0 Å². The van der Waals surface area contributed by atoms with Crippen LogP contribution in [0.1, 0.15) is 5.56 Å². The lowest BCUT2D eigenvalue weighted by atomic mass is 10.2. The smallest absolute Gasteiger partial charge is 0.376 e. The van der Waals surface area contributed by atoms with Gasteiger partial charge in [-0.15, -0.1) is 0 Å². The number of ketones is 1. The number of aliphatic carboxylic acids is 1. The molecule has 1 rings (SSSR count). The van der Waals surface area contributed by atoms with Crippen LogP contribution in [-0.4, -0.2) is 16.9 Å². The highest BCUT2D eigenvalue weighted by Crippen LogP contribution is 2.26. The number of carboxylic acids is 1. The van der Waals surface area contributed by atoms with E-state index in [2.05, 4.69) is 0 Å². The molecule has 0 atom stereocenters. The van der Waals surface area contributed by atoms with Gasteiger partial charge in [-0.1, -0.05) is 35.3 Å². The van der Waals surface area contributed by atoms with Crippen molar-refractivity contribution in [3.05, 3.63) is 39.9 Å². The lowest BCUT2D eigenvalue weighted by Gasteiger charge is -1.98. The summed E-state index contributed by atoms with van der Waals surface area (Å²) >= 11 is 11.5. The molecule has 0 heterocycles. The summed E-state index contributed by atoms with van der Waals surface area (Å²) in [6, 6.07) is 4.87. The molecule has 1 aromatic rings. The van der Waals surface area contributed by atoms with E-state index in [0.29, 0.717) is 10.6 Å². The fraction of sp³-hybridized carbons (Fsp3) is 0. The summed E-state index contributed by atoms with van der Waals surface area (Å²) in [5.41, 5.74) is 0.499. The number of hydrogen-bond acceptors (Lipinski definition) is 2. The van der Waals surface area contributed by atoms with Gasteiger partial charge in [0.15, 0.2) is 0 Å². The van der Waals surface area contributed by atoms with Crippen LogP contribution < -0.4 is 0 Å². The predicted octanol–water partition coefficient (Wildman–Crippen LogP) is 2.66. The molecule has 15 heavy (non-hydrogen) atoms. The van der Waals surface area contributed by atoms with Crippen LogP contribution in [0.25, 0.3) is 6.08 Å². The number of carbonyl (C=O) groups is 2. The summed E-state index contributed by atoms with van der Waals surface area (Å²) in [6.07, 6.45) is 2.24. The van der Waals surface area contributed by atoms with E-state index in [1.54, 1.807) is 18.2 Å². The van der Waals surface area contributed by atoms with Gasteiger partial charge in [-0.2, -0.15) is 0 Å². The number of carbonyl (C=O) groups excluding carboxylic acids is 1. The van der Waals surface area contributed by atoms with Crippen LogP contribution in [0.15, 0.2) is 24.3 Å². The van der Waals surface area contributed by atoms with E-state index < -0.39 is 11.8 Å². The minimum absolute atomic E-state index is 0.286. The largest absolute Gasteiger partial charge is 0.475 e. The standard InChI is InChI=1S/C10H6Cl2O3/c11-7-3-1-2-6(9(7)12)4-5-8(13)10(14)15/h1-5H,(H,14,15)/b5-4+. The molecule has 0 aromatic heterocycles. The zero-order valence-corrected chi connectivity index (χ0v) is 8.92. The summed E-state index contributed by atoms with van der Waals surface area (Å²) in [5.74, 6) is -2.52. The molecule has 0 aliphatic carbocycles. The van der Waals surface area contributed by atoms with Gasteiger partial charge in [-0.05, 0) is 23.8 Å². The van der Waals surface area contributed by atoms with Crippen molar-refractivity contribution in [2.45, 2.75) is 0 Å². The maximum absolute atomic E-state index is 10.7. The average molecular weight is 245 g/mol. The van der Waals surface area contributed by atoms with Crippen molar-refractivity contribution in [3.63, 3.8) is 0 Å². The molecule has 0 spiro atoms. The SMILES string of the molecule is O=C(O)C(=O)/C=C/c1cccc(Cl)c1Cl. The second-order valence-electron chi connectivity index (χ2n) is 2.65. The third kappa shape index (κ3) is 3.08. The van der Waals surface area contributed by atoms with Crippen LogP contribution >= 0.6 is 23.2 Å². The van der Waals surface area contributed by atoms with Crippen molar-refractivity contribution in [3.8, 4) is 0 Å². The number of benzene rings is 1. The van der Waals surface area contributed by atoms with E-state index >= 15 is 0 Å². The molecule has 3 nitrogen and oxygen atoms in total. The first-order chi connectivity index (χ1) is 7.02. The molecule has 0 fully saturated rings. The lowest BCUT2D eigenvalue weighted by molar-refractivity contribution is -0.146. The first kappa shape index (κ1) is 11.8. The highest BCUT2D eigenvalue weighted by Gasteiger charge is 2.07. The fourth-order valence-electron chi connectivity index (χ4n) is 0.886. The number of hydrogen-bond donors (Lipinski definition) is 1. The number of rotatable bonds is 3. The van der Waals surface area contributed by atoms with Gasteiger partial charge in [-0.25, -0.2) is 4.79 Å². The Morgan fingerprint density at radius 2 is 1.93 bits per heavy atom. The first-order valence-electron chi connectivity index (χ1n) is 3.91. The predicted molar refractivity (Wildman–Crippen MR) is 58.1 cm³/mol. The van der Waals surface area contributed by atoms with E-state index in [1.165, 1.54) is 6.08 Å². The molecule has 5 heteroatoms. The zero-order valence-electron chi connectivity index (χ0n) is 7.41. The molecule has 78 valence electrons. The van der Waals surface area contributed by atoms with Gasteiger partial charge in [0.05, 0.1) is 10.0 Å². The Bertz CT molecular complexity index is 438. The highest BCUT2D eigenvalue weighted by atomic mass is 35.5. The quantitative estimate of drug-likeness (QED) is 0.657. The molecule has 0 bridgehead atoms. The summed E-state index contributed by atoms with van der Waals surface area (Å²) in [4.78, 5) is 21.0. The van der Waals surface area contributed by atoms with Gasteiger partial charge in [0.2, 0.25) is 0 Å². The minimum atomic E-state index is -1.51. The lowest BCUT2D eigenvalue weighted by Crippen LogP contribution is -2.08. The second kappa shape index (κ2) is 4.96. The molecule has 0 aliphatic heterocycles. The van der Waals surface area contributed by atoms with Gasteiger partial charge in [0.1, 0.15) is 0 Å². The van der Waals surface area contributed by atoms with Crippen LogP contribution in [0.4, 0.5) is 0 Å². The zero-order chi connectivity index (χ0) is 11.4. The maximum Gasteiger partial charge on any atom is 0.376 e. The van der Waals surface area contributed by atoms with E-state index in [1.807, 2.05) is 0 Å². The maximum atomic E-state index is 10.7. The van der Waals surface area contributed by atoms with E-state index in [0.717, 1.165) is 6.08 Å². The van der Waals surface area contributed by atoms with E-state index in [9.17, 15) is 9.59 Å². The molecule has 0 radical (unpaired) electrons. The van der Waals surface area contributed by atoms with Crippen LogP contribution in [-0.2, 0) is 9.59 Å². The third-order valence-electron chi connectivity index (χ3n) is 1.61. The summed E-state index contributed by atoms with van der Waals surface area (Å²) < 4.78 is 0. The Morgan fingerprint density at radius 1 is 1.27 bits per heavy atom. The Morgan fingerprint density at radius 3 is 2.53 bits per heavy atom. The van der Waals surface area contributed by atoms with Crippen LogP contribution in [0, 0.1) is 0 Å². The van der Waals surface area contributed by atoms with Crippen molar-refractivity contribution >= 4 is 41.0 Å². The molecule has 1 N–H and O–H groups in total. The minimum Gasteiger partial charge on any atom is -0.475 e. The Hall–Kier alpha value is -1.32. The highest BCUT2D eigenvalue weighted by molar-refractivity contribution is 6.43. The molecular formula is C10H6Cl2O3. The van der Waals surface area contributed by atoms with Gasteiger partial charge in [-0.3, -0.25) is 4.79 Å². The molecular weight excluding hydrogens is 239 g/mol. The summed E-state index contributed by atoms with van der Waals surface area (Å²) in [5, 5.41) is 8.96. The van der Waals surface area contributed by atoms with Crippen molar-refractivity contribution in [2.75, 3.05) is 0 Å². The number of carboxylic acid groups (broad SMARTS) is 1.